The Morgan fingerprint density at radius 1 is 0.714 bits per heavy atom. The van der Waals surface area contributed by atoms with Crippen LogP contribution in [0.2, 0.25) is 0 Å². The number of carboxylic acid groups (broad SMARTS) is 1. The molecule has 13 heteroatoms. The van der Waals surface area contributed by atoms with Crippen LogP contribution >= 0.6 is 11.8 Å². The highest BCUT2D eigenvalue weighted by Gasteiger charge is 2.36. The van der Waals surface area contributed by atoms with Crippen molar-refractivity contribution in [1.82, 2.24) is 26.6 Å². The lowest BCUT2D eigenvalue weighted by Crippen LogP contribution is -2.61. The third kappa shape index (κ3) is 13.4. The predicted octanol–water partition coefficient (Wildman–Crippen LogP) is 1.67. The summed E-state index contributed by atoms with van der Waals surface area (Å²) in [5, 5.41) is 22.9. The molecule has 6 N–H and O–H groups in total. The van der Waals surface area contributed by atoms with E-state index in [4.69, 9.17) is 0 Å². The van der Waals surface area contributed by atoms with Crippen LogP contribution in [0.25, 0.3) is 0 Å². The van der Waals surface area contributed by atoms with E-state index in [0.717, 1.165) is 0 Å². The maximum Gasteiger partial charge on any atom is 0.326 e. The second-order valence-corrected chi connectivity index (χ2v) is 12.6. The second kappa shape index (κ2) is 20.1. The van der Waals surface area contributed by atoms with Gasteiger partial charge in [-0.3, -0.25) is 24.0 Å². The molecule has 0 aromatic heterocycles. The number of carboxylic acids is 1. The number of aliphatic carboxylic acids is 1. The highest BCUT2D eigenvalue weighted by molar-refractivity contribution is 7.98. The van der Waals surface area contributed by atoms with Crippen molar-refractivity contribution in [3.8, 4) is 0 Å². The standard InChI is InChI=1S/C29H53N5O7S/c1-10-18(7)23(27(38)31-21(29(40)41)14-16(3)4)34-26(37)22(17(5)6)32-28(39)24(19(8)11-2)33-25(36)20(30-15-35)12-13-42-9/h15-24H,10-14H2,1-9H3,(H,30,35)(H,31,38)(H,32,39)(H,33,36)(H,34,37)(H,40,41). The summed E-state index contributed by atoms with van der Waals surface area (Å²) in [4.78, 5) is 75.9. The first-order chi connectivity index (χ1) is 19.6. The average Bonchev–Trinajstić information content (AvgIpc) is 2.93. The summed E-state index contributed by atoms with van der Waals surface area (Å²) < 4.78 is 0. The van der Waals surface area contributed by atoms with E-state index in [-0.39, 0.29) is 30.1 Å². The molecule has 0 saturated heterocycles. The third-order valence-electron chi connectivity index (χ3n) is 7.35. The topological polar surface area (TPSA) is 183 Å². The Morgan fingerprint density at radius 2 is 1.17 bits per heavy atom. The molecule has 5 amide bonds. The Balaban J connectivity index is 5.91. The number of carbonyl (C=O) groups excluding carboxylic acids is 5. The molecular formula is C29H53N5O7S. The van der Waals surface area contributed by atoms with Crippen LogP contribution in [-0.2, 0) is 28.8 Å². The molecule has 0 bridgehead atoms. The van der Waals surface area contributed by atoms with Gasteiger partial charge >= 0.3 is 5.97 Å². The molecule has 42 heavy (non-hydrogen) atoms. The van der Waals surface area contributed by atoms with Gasteiger partial charge in [0.15, 0.2) is 0 Å². The van der Waals surface area contributed by atoms with Crippen LogP contribution in [0.4, 0.5) is 0 Å². The van der Waals surface area contributed by atoms with Gasteiger partial charge in [-0.05, 0) is 48.5 Å². The highest BCUT2D eigenvalue weighted by atomic mass is 32.2. The van der Waals surface area contributed by atoms with E-state index in [0.29, 0.717) is 31.4 Å². The molecule has 7 unspecified atom stereocenters. The van der Waals surface area contributed by atoms with Gasteiger partial charge in [0, 0.05) is 0 Å². The largest absolute Gasteiger partial charge is 0.480 e. The van der Waals surface area contributed by atoms with Gasteiger partial charge in [0.05, 0.1) is 0 Å². The van der Waals surface area contributed by atoms with Gasteiger partial charge in [-0.15, -0.1) is 0 Å². The molecule has 0 saturated carbocycles. The molecule has 0 aromatic carbocycles. The quantitative estimate of drug-likeness (QED) is 0.105. The fourth-order valence-electron chi connectivity index (χ4n) is 4.24. The van der Waals surface area contributed by atoms with Gasteiger partial charge < -0.3 is 31.7 Å². The molecule has 0 heterocycles. The average molecular weight is 616 g/mol. The normalized spacial score (nSPS) is 16.3. The molecule has 0 aromatic rings. The van der Waals surface area contributed by atoms with Crippen molar-refractivity contribution in [2.45, 2.75) is 111 Å². The minimum absolute atomic E-state index is 0.0255. The molecule has 242 valence electrons. The van der Waals surface area contributed by atoms with Crippen LogP contribution in [0.1, 0.15) is 81.1 Å². The lowest BCUT2D eigenvalue weighted by Gasteiger charge is -2.31. The van der Waals surface area contributed by atoms with Crippen molar-refractivity contribution in [2.24, 2.45) is 23.7 Å². The molecule has 0 rings (SSSR count). The lowest BCUT2D eigenvalue weighted by molar-refractivity contribution is -0.143. The minimum atomic E-state index is -1.16. The Labute approximate surface area is 255 Å². The van der Waals surface area contributed by atoms with Crippen LogP contribution < -0.4 is 26.6 Å². The highest BCUT2D eigenvalue weighted by Crippen LogP contribution is 2.14. The smallest absolute Gasteiger partial charge is 0.326 e. The van der Waals surface area contributed by atoms with Gasteiger partial charge in [-0.2, -0.15) is 11.8 Å². The van der Waals surface area contributed by atoms with Gasteiger partial charge in [0.25, 0.3) is 0 Å². The van der Waals surface area contributed by atoms with E-state index >= 15 is 0 Å². The second-order valence-electron chi connectivity index (χ2n) is 11.6. The third-order valence-corrected chi connectivity index (χ3v) is 8.00. The predicted molar refractivity (Wildman–Crippen MR) is 165 cm³/mol. The van der Waals surface area contributed by atoms with E-state index in [1.165, 1.54) is 11.8 Å². The first-order valence-corrected chi connectivity index (χ1v) is 16.2. The molecule has 0 radical (unpaired) electrons. The van der Waals surface area contributed by atoms with Crippen molar-refractivity contribution < 1.29 is 33.9 Å². The zero-order valence-corrected chi connectivity index (χ0v) is 27.4. The summed E-state index contributed by atoms with van der Waals surface area (Å²) in [6, 6.07) is -4.94. The summed E-state index contributed by atoms with van der Waals surface area (Å²) in [5.74, 6) is -3.73. The summed E-state index contributed by atoms with van der Waals surface area (Å²) in [5.41, 5.74) is 0. The van der Waals surface area contributed by atoms with E-state index in [2.05, 4.69) is 26.6 Å². The van der Waals surface area contributed by atoms with Crippen molar-refractivity contribution >= 4 is 47.8 Å². The number of rotatable bonds is 21. The van der Waals surface area contributed by atoms with Gasteiger partial charge in [0.2, 0.25) is 30.0 Å². The summed E-state index contributed by atoms with van der Waals surface area (Å²) in [6.07, 6.45) is 4.05. The monoisotopic (exact) mass is 615 g/mol. The van der Waals surface area contributed by atoms with Gasteiger partial charge in [0.1, 0.15) is 30.2 Å². The van der Waals surface area contributed by atoms with Crippen molar-refractivity contribution in [2.75, 3.05) is 12.0 Å². The molecule has 12 nitrogen and oxygen atoms in total. The fourth-order valence-corrected chi connectivity index (χ4v) is 4.71. The van der Waals surface area contributed by atoms with E-state index in [1.807, 2.05) is 34.0 Å². The molecule has 7 atom stereocenters. The number of thioether (sulfide) groups is 1. The molecule has 0 fully saturated rings. The van der Waals surface area contributed by atoms with Crippen molar-refractivity contribution in [3.63, 3.8) is 0 Å². The Morgan fingerprint density at radius 3 is 1.57 bits per heavy atom. The maximum atomic E-state index is 13.5. The van der Waals surface area contributed by atoms with Gasteiger partial charge in [-0.25, -0.2) is 4.79 Å². The summed E-state index contributed by atoms with van der Waals surface area (Å²) >= 11 is 1.52. The lowest BCUT2D eigenvalue weighted by atomic mass is 9.94. The molecule has 0 aliphatic carbocycles. The number of nitrogens with one attached hydrogen (secondary N) is 5. The number of hydrogen-bond acceptors (Lipinski definition) is 7. The van der Waals surface area contributed by atoms with E-state index < -0.39 is 59.8 Å². The Kier molecular flexibility index (Phi) is 18.8. The van der Waals surface area contributed by atoms with Crippen molar-refractivity contribution in [1.29, 1.82) is 0 Å². The summed E-state index contributed by atoms with van der Waals surface area (Å²) in [6.45, 7) is 14.5. The molecule has 0 aliphatic heterocycles. The molecule has 0 aliphatic rings. The zero-order valence-electron chi connectivity index (χ0n) is 26.6. The SMILES string of the molecule is CCC(C)C(NC(=O)C(CCSC)NC=O)C(=O)NC(C(=O)NC(C(=O)NC(CC(C)C)C(=O)O)C(C)CC)C(C)C. The fraction of sp³-hybridized carbons (Fsp3) is 0.793. The maximum absolute atomic E-state index is 13.5. The van der Waals surface area contributed by atoms with E-state index in [1.54, 1.807) is 27.7 Å². The molecule has 0 spiro atoms. The van der Waals surface area contributed by atoms with Gasteiger partial charge in [-0.1, -0.05) is 68.2 Å². The Bertz CT molecular complexity index is 902. The first-order valence-electron chi connectivity index (χ1n) is 14.8. The first kappa shape index (κ1) is 39.2. The van der Waals surface area contributed by atoms with Crippen LogP contribution in [-0.4, -0.2) is 83.3 Å². The Hall–Kier alpha value is -2.83. The van der Waals surface area contributed by atoms with E-state index in [9.17, 15) is 33.9 Å². The minimum Gasteiger partial charge on any atom is -0.480 e. The summed E-state index contributed by atoms with van der Waals surface area (Å²) in [7, 11) is 0. The van der Waals surface area contributed by atoms with Crippen LogP contribution in [0.3, 0.4) is 0 Å². The zero-order chi connectivity index (χ0) is 32.6. The van der Waals surface area contributed by atoms with Crippen LogP contribution in [0, 0.1) is 23.7 Å². The van der Waals surface area contributed by atoms with Crippen LogP contribution in [0.15, 0.2) is 0 Å². The number of hydrogen-bond donors (Lipinski definition) is 6. The van der Waals surface area contributed by atoms with Crippen LogP contribution in [0.5, 0.6) is 0 Å². The number of carbonyl (C=O) groups is 6. The van der Waals surface area contributed by atoms with Crippen molar-refractivity contribution in [3.05, 3.63) is 0 Å². The molecular weight excluding hydrogens is 562 g/mol. The number of amides is 5.